The zero-order chi connectivity index (χ0) is 9.68. The van der Waals surface area contributed by atoms with Crippen molar-refractivity contribution in [2.75, 3.05) is 7.11 Å². The van der Waals surface area contributed by atoms with Crippen LogP contribution in [0.5, 0.6) is 0 Å². The van der Waals surface area contributed by atoms with Gasteiger partial charge in [-0.1, -0.05) is 19.3 Å². The Morgan fingerprint density at radius 1 is 1.31 bits per heavy atom. The van der Waals surface area contributed by atoms with Crippen molar-refractivity contribution in [3.05, 3.63) is 0 Å². The molecule has 3 heteroatoms. The van der Waals surface area contributed by atoms with Crippen molar-refractivity contribution in [1.29, 1.82) is 0 Å². The van der Waals surface area contributed by atoms with Gasteiger partial charge in [0.2, 0.25) is 0 Å². The van der Waals surface area contributed by atoms with Crippen molar-refractivity contribution in [3.63, 3.8) is 0 Å². The van der Waals surface area contributed by atoms with Crippen LogP contribution < -0.4 is 0 Å². The quantitative estimate of drug-likeness (QED) is 0.622. The van der Waals surface area contributed by atoms with E-state index < -0.39 is 6.16 Å². The van der Waals surface area contributed by atoms with Gasteiger partial charge in [0.1, 0.15) is 6.10 Å². The Bertz CT molecular complexity index is 162. The third-order valence-electron chi connectivity index (χ3n) is 2.76. The summed E-state index contributed by atoms with van der Waals surface area (Å²) in [6, 6.07) is 0. The zero-order valence-corrected chi connectivity index (χ0v) is 8.41. The maximum Gasteiger partial charge on any atom is 0.508 e. The minimum Gasteiger partial charge on any atom is -0.438 e. The Morgan fingerprint density at radius 2 is 1.92 bits per heavy atom. The lowest BCUT2D eigenvalue weighted by molar-refractivity contribution is 0.0133. The van der Waals surface area contributed by atoms with Crippen LogP contribution in [0.25, 0.3) is 0 Å². The lowest BCUT2D eigenvalue weighted by Crippen LogP contribution is -2.25. The number of rotatable bonds is 2. The minimum atomic E-state index is -0.557. The third-order valence-corrected chi connectivity index (χ3v) is 2.76. The Labute approximate surface area is 79.4 Å². The fourth-order valence-electron chi connectivity index (χ4n) is 1.90. The van der Waals surface area contributed by atoms with E-state index in [2.05, 4.69) is 4.74 Å². The van der Waals surface area contributed by atoms with E-state index in [1.165, 1.54) is 39.2 Å². The summed E-state index contributed by atoms with van der Waals surface area (Å²) >= 11 is 0. The Kier molecular flexibility index (Phi) is 4.06. The van der Waals surface area contributed by atoms with Gasteiger partial charge in [-0.25, -0.2) is 4.79 Å². The highest BCUT2D eigenvalue weighted by molar-refractivity contribution is 5.59. The first-order chi connectivity index (χ1) is 6.24. The molecule has 0 aliphatic heterocycles. The third kappa shape index (κ3) is 3.25. The molecular formula is C10H18O3. The highest BCUT2D eigenvalue weighted by Crippen LogP contribution is 2.27. The summed E-state index contributed by atoms with van der Waals surface area (Å²) in [6.07, 6.45) is 5.66. The largest absolute Gasteiger partial charge is 0.508 e. The Morgan fingerprint density at radius 3 is 2.46 bits per heavy atom. The second-order valence-corrected chi connectivity index (χ2v) is 3.68. The summed E-state index contributed by atoms with van der Waals surface area (Å²) < 4.78 is 9.53. The first-order valence-electron chi connectivity index (χ1n) is 4.98. The summed E-state index contributed by atoms with van der Waals surface area (Å²) in [5.41, 5.74) is 0. The molecule has 0 N–H and O–H groups in total. The highest BCUT2D eigenvalue weighted by Gasteiger charge is 2.23. The standard InChI is InChI=1S/C10H18O3/c1-8(13-10(11)12-2)9-6-4-3-5-7-9/h8-9H,3-7H2,1-2H3/t8-/m0/s1. The van der Waals surface area contributed by atoms with Crippen LogP contribution in [0, 0.1) is 5.92 Å². The van der Waals surface area contributed by atoms with Crippen LogP contribution in [0.15, 0.2) is 0 Å². The van der Waals surface area contributed by atoms with Crippen molar-refractivity contribution in [3.8, 4) is 0 Å². The van der Waals surface area contributed by atoms with Crippen molar-refractivity contribution in [1.82, 2.24) is 0 Å². The van der Waals surface area contributed by atoms with Crippen LogP contribution in [-0.4, -0.2) is 19.4 Å². The van der Waals surface area contributed by atoms with Gasteiger partial charge in [0.05, 0.1) is 7.11 Å². The van der Waals surface area contributed by atoms with Crippen LogP contribution in [0.2, 0.25) is 0 Å². The monoisotopic (exact) mass is 186 g/mol. The Hall–Kier alpha value is -0.730. The summed E-state index contributed by atoms with van der Waals surface area (Å²) in [4.78, 5) is 10.8. The van der Waals surface area contributed by atoms with E-state index in [1.807, 2.05) is 6.92 Å². The summed E-state index contributed by atoms with van der Waals surface area (Å²) in [5, 5.41) is 0. The normalized spacial score (nSPS) is 20.8. The number of hydrogen-bond acceptors (Lipinski definition) is 3. The maximum atomic E-state index is 10.8. The average molecular weight is 186 g/mol. The fourth-order valence-corrected chi connectivity index (χ4v) is 1.90. The molecule has 0 heterocycles. The molecule has 0 amide bonds. The van der Waals surface area contributed by atoms with Crippen molar-refractivity contribution >= 4 is 6.16 Å². The van der Waals surface area contributed by atoms with Gasteiger partial charge in [-0.15, -0.1) is 0 Å². The van der Waals surface area contributed by atoms with Gasteiger partial charge < -0.3 is 9.47 Å². The SMILES string of the molecule is COC(=O)O[C@@H](C)C1CCCCC1. The van der Waals surface area contributed by atoms with E-state index >= 15 is 0 Å². The molecule has 0 aromatic heterocycles. The van der Waals surface area contributed by atoms with E-state index in [0.717, 1.165) is 0 Å². The van der Waals surface area contributed by atoms with Crippen LogP contribution in [0.1, 0.15) is 39.0 Å². The molecule has 1 aliphatic rings. The molecule has 1 atom stereocenters. The van der Waals surface area contributed by atoms with Crippen molar-refractivity contribution < 1.29 is 14.3 Å². The summed E-state index contributed by atoms with van der Waals surface area (Å²) in [6.45, 7) is 1.95. The fraction of sp³-hybridized carbons (Fsp3) is 0.900. The molecule has 1 aliphatic carbocycles. The molecule has 3 nitrogen and oxygen atoms in total. The number of methoxy groups -OCH3 is 1. The van der Waals surface area contributed by atoms with E-state index in [0.29, 0.717) is 5.92 Å². The first kappa shape index (κ1) is 10.4. The molecule has 13 heavy (non-hydrogen) atoms. The number of carbonyl (C=O) groups excluding carboxylic acids is 1. The second-order valence-electron chi connectivity index (χ2n) is 3.68. The van der Waals surface area contributed by atoms with Gasteiger partial charge in [-0.2, -0.15) is 0 Å². The summed E-state index contributed by atoms with van der Waals surface area (Å²) in [7, 11) is 1.34. The van der Waals surface area contributed by atoms with Crippen molar-refractivity contribution in [2.45, 2.75) is 45.1 Å². The van der Waals surface area contributed by atoms with Gasteiger partial charge >= 0.3 is 6.16 Å². The van der Waals surface area contributed by atoms with Crippen LogP contribution in [0.4, 0.5) is 4.79 Å². The zero-order valence-electron chi connectivity index (χ0n) is 8.41. The number of ether oxygens (including phenoxy) is 2. The minimum absolute atomic E-state index is 0.00718. The molecule has 1 fully saturated rings. The molecule has 1 rings (SSSR count). The van der Waals surface area contributed by atoms with Gasteiger partial charge in [0.25, 0.3) is 0 Å². The van der Waals surface area contributed by atoms with Crippen LogP contribution in [0.3, 0.4) is 0 Å². The number of carbonyl (C=O) groups is 1. The van der Waals surface area contributed by atoms with E-state index in [-0.39, 0.29) is 6.10 Å². The molecule has 0 radical (unpaired) electrons. The topological polar surface area (TPSA) is 35.5 Å². The van der Waals surface area contributed by atoms with E-state index in [9.17, 15) is 4.79 Å². The van der Waals surface area contributed by atoms with Crippen LogP contribution in [-0.2, 0) is 9.47 Å². The van der Waals surface area contributed by atoms with Gasteiger partial charge in [0, 0.05) is 0 Å². The van der Waals surface area contributed by atoms with Gasteiger partial charge in [-0.3, -0.25) is 0 Å². The maximum absolute atomic E-state index is 10.8. The van der Waals surface area contributed by atoms with Crippen LogP contribution >= 0.6 is 0 Å². The lowest BCUT2D eigenvalue weighted by Gasteiger charge is -2.26. The highest BCUT2D eigenvalue weighted by atomic mass is 16.7. The van der Waals surface area contributed by atoms with Gasteiger partial charge in [-0.05, 0) is 25.7 Å². The molecule has 0 spiro atoms. The molecule has 0 unspecified atom stereocenters. The Balaban J connectivity index is 2.28. The van der Waals surface area contributed by atoms with Gasteiger partial charge in [0.15, 0.2) is 0 Å². The van der Waals surface area contributed by atoms with E-state index in [4.69, 9.17) is 4.74 Å². The molecule has 76 valence electrons. The smallest absolute Gasteiger partial charge is 0.438 e. The molecule has 0 bridgehead atoms. The molecule has 0 aromatic carbocycles. The van der Waals surface area contributed by atoms with Crippen molar-refractivity contribution in [2.24, 2.45) is 5.92 Å². The second kappa shape index (κ2) is 5.10. The molecule has 0 aromatic rings. The lowest BCUT2D eigenvalue weighted by atomic mass is 9.86. The average Bonchev–Trinajstić information content (AvgIpc) is 2.19. The van der Waals surface area contributed by atoms with E-state index in [1.54, 1.807) is 0 Å². The predicted molar refractivity (Wildman–Crippen MR) is 49.5 cm³/mol. The predicted octanol–water partition coefficient (Wildman–Crippen LogP) is 2.74. The number of hydrogen-bond donors (Lipinski definition) is 0. The first-order valence-corrected chi connectivity index (χ1v) is 4.98. The molecule has 0 saturated heterocycles. The summed E-state index contributed by atoms with van der Waals surface area (Å²) in [5.74, 6) is 0.535. The molecular weight excluding hydrogens is 168 g/mol. The molecule has 1 saturated carbocycles.